The summed E-state index contributed by atoms with van der Waals surface area (Å²) in [6.07, 6.45) is 3.76. The van der Waals surface area contributed by atoms with Crippen LogP contribution >= 0.6 is 0 Å². The van der Waals surface area contributed by atoms with Gasteiger partial charge in [0.1, 0.15) is 0 Å². The summed E-state index contributed by atoms with van der Waals surface area (Å²) in [6.45, 7) is 8.88. The Balaban J connectivity index is 2.45. The summed E-state index contributed by atoms with van der Waals surface area (Å²) in [5.41, 5.74) is 4.03. The molecule has 1 aromatic heterocycles. The van der Waals surface area contributed by atoms with Crippen molar-refractivity contribution in [1.82, 2.24) is 9.78 Å². The number of nitrogens with zero attached hydrogens (tertiary/aromatic N) is 2. The first kappa shape index (κ1) is 10.9. The zero-order chi connectivity index (χ0) is 11.8. The van der Waals surface area contributed by atoms with Gasteiger partial charge < -0.3 is 0 Å². The summed E-state index contributed by atoms with van der Waals surface area (Å²) in [4.78, 5) is 0. The summed E-state index contributed by atoms with van der Waals surface area (Å²) < 4.78 is 1.89. The molecule has 0 N–H and O–H groups in total. The molecule has 16 heavy (non-hydrogen) atoms. The van der Waals surface area contributed by atoms with Gasteiger partial charge in [0.25, 0.3) is 0 Å². The Bertz CT molecular complexity index is 476. The molecule has 0 unspecified atom stereocenters. The summed E-state index contributed by atoms with van der Waals surface area (Å²) in [6, 6.07) is 8.45. The monoisotopic (exact) mass is 214 g/mol. The molecule has 2 nitrogen and oxygen atoms in total. The predicted molar refractivity (Wildman–Crippen MR) is 67.0 cm³/mol. The zero-order valence-corrected chi connectivity index (χ0v) is 10.4. The number of aromatic nitrogens is 2. The van der Waals surface area contributed by atoms with Gasteiger partial charge in [0.15, 0.2) is 0 Å². The number of aryl methyl sites for hydroxylation is 1. The Hall–Kier alpha value is -1.57. The summed E-state index contributed by atoms with van der Waals surface area (Å²) >= 11 is 0. The lowest BCUT2D eigenvalue weighted by Crippen LogP contribution is -2.13. The molecule has 0 aliphatic rings. The minimum atomic E-state index is 0.201. The fraction of sp³-hybridized carbons (Fsp3) is 0.357. The van der Waals surface area contributed by atoms with Gasteiger partial charge in [-0.05, 0) is 41.7 Å². The van der Waals surface area contributed by atoms with E-state index < -0.39 is 0 Å². The average Bonchev–Trinajstić information content (AvgIpc) is 2.68. The van der Waals surface area contributed by atoms with Crippen LogP contribution in [0, 0.1) is 6.92 Å². The molecule has 0 spiro atoms. The third-order valence-corrected chi connectivity index (χ3v) is 2.79. The van der Waals surface area contributed by atoms with E-state index in [1.54, 1.807) is 6.20 Å². The van der Waals surface area contributed by atoms with Gasteiger partial charge in [-0.3, -0.25) is 0 Å². The Morgan fingerprint density at radius 3 is 2.44 bits per heavy atom. The lowest BCUT2D eigenvalue weighted by Gasteiger charge is -2.22. The number of hydrogen-bond donors (Lipinski definition) is 0. The maximum Gasteiger partial charge on any atom is 0.0648 e. The van der Waals surface area contributed by atoms with E-state index in [-0.39, 0.29) is 5.41 Å². The highest BCUT2D eigenvalue weighted by molar-refractivity contribution is 5.42. The van der Waals surface area contributed by atoms with Crippen molar-refractivity contribution in [3.05, 3.63) is 47.8 Å². The van der Waals surface area contributed by atoms with Gasteiger partial charge in [0.05, 0.1) is 5.69 Å². The fourth-order valence-electron chi connectivity index (χ4n) is 2.05. The van der Waals surface area contributed by atoms with Gasteiger partial charge in [-0.25, -0.2) is 4.68 Å². The largest absolute Gasteiger partial charge is 0.241 e. The normalized spacial score (nSPS) is 11.8. The van der Waals surface area contributed by atoms with E-state index in [1.165, 1.54) is 11.1 Å². The van der Waals surface area contributed by atoms with Gasteiger partial charge in [-0.2, -0.15) is 5.10 Å². The van der Waals surface area contributed by atoms with Crippen LogP contribution in [0.1, 0.15) is 31.9 Å². The highest BCUT2D eigenvalue weighted by Crippen LogP contribution is 2.26. The molecule has 84 valence electrons. The number of benzene rings is 1. The molecule has 0 bridgehead atoms. The summed E-state index contributed by atoms with van der Waals surface area (Å²) in [5.74, 6) is 0. The highest BCUT2D eigenvalue weighted by Gasteiger charge is 2.16. The molecule has 0 aliphatic heterocycles. The Morgan fingerprint density at radius 1 is 1.19 bits per heavy atom. The van der Waals surface area contributed by atoms with Crippen LogP contribution in [-0.2, 0) is 5.41 Å². The molecule has 0 amide bonds. The predicted octanol–water partition coefficient (Wildman–Crippen LogP) is 3.48. The molecule has 0 atom stereocenters. The first-order valence-electron chi connectivity index (χ1n) is 5.59. The van der Waals surface area contributed by atoms with Crippen LogP contribution in [0.15, 0.2) is 36.7 Å². The summed E-state index contributed by atoms with van der Waals surface area (Å²) in [5, 5.41) is 4.24. The van der Waals surface area contributed by atoms with Crippen molar-refractivity contribution in [2.24, 2.45) is 0 Å². The van der Waals surface area contributed by atoms with Crippen LogP contribution in [-0.4, -0.2) is 9.78 Å². The first-order valence-corrected chi connectivity index (χ1v) is 5.59. The standard InChI is InChI=1S/C14H18N2/c1-11-10-12(16-9-5-8-15-16)6-7-13(11)14(2,3)4/h5-10H,1-4H3. The van der Waals surface area contributed by atoms with Gasteiger partial charge in [-0.1, -0.05) is 26.8 Å². The van der Waals surface area contributed by atoms with Crippen molar-refractivity contribution >= 4 is 0 Å². The SMILES string of the molecule is Cc1cc(-n2cccn2)ccc1C(C)(C)C. The third kappa shape index (κ3) is 2.01. The van der Waals surface area contributed by atoms with Crippen molar-refractivity contribution in [1.29, 1.82) is 0 Å². The number of hydrogen-bond acceptors (Lipinski definition) is 1. The minimum absolute atomic E-state index is 0.201. The smallest absolute Gasteiger partial charge is 0.0648 e. The zero-order valence-electron chi connectivity index (χ0n) is 10.4. The quantitative estimate of drug-likeness (QED) is 0.710. The lowest BCUT2D eigenvalue weighted by molar-refractivity contribution is 0.586. The Labute approximate surface area is 96.9 Å². The maximum atomic E-state index is 4.24. The maximum absolute atomic E-state index is 4.24. The molecule has 1 heterocycles. The molecule has 0 fully saturated rings. The van der Waals surface area contributed by atoms with Gasteiger partial charge in [0, 0.05) is 12.4 Å². The van der Waals surface area contributed by atoms with E-state index in [0.29, 0.717) is 0 Å². The van der Waals surface area contributed by atoms with E-state index in [1.807, 2.05) is 16.9 Å². The van der Waals surface area contributed by atoms with Gasteiger partial charge in [-0.15, -0.1) is 0 Å². The van der Waals surface area contributed by atoms with Gasteiger partial charge >= 0.3 is 0 Å². The molecule has 2 rings (SSSR count). The minimum Gasteiger partial charge on any atom is -0.241 e. The van der Waals surface area contributed by atoms with Crippen molar-refractivity contribution in [3.8, 4) is 5.69 Å². The van der Waals surface area contributed by atoms with Gasteiger partial charge in [0.2, 0.25) is 0 Å². The third-order valence-electron chi connectivity index (χ3n) is 2.79. The van der Waals surface area contributed by atoms with Crippen LogP contribution < -0.4 is 0 Å². The molecular weight excluding hydrogens is 196 g/mol. The number of rotatable bonds is 1. The molecule has 2 aromatic rings. The van der Waals surface area contributed by atoms with Crippen LogP contribution in [0.5, 0.6) is 0 Å². The van der Waals surface area contributed by atoms with E-state index in [9.17, 15) is 0 Å². The second kappa shape index (κ2) is 3.78. The Morgan fingerprint density at radius 2 is 1.94 bits per heavy atom. The van der Waals surface area contributed by atoms with Crippen molar-refractivity contribution in [3.63, 3.8) is 0 Å². The molecule has 2 heteroatoms. The molecule has 1 aromatic carbocycles. The molecule has 0 aliphatic carbocycles. The van der Waals surface area contributed by atoms with Crippen molar-refractivity contribution in [2.75, 3.05) is 0 Å². The van der Waals surface area contributed by atoms with E-state index in [4.69, 9.17) is 0 Å². The van der Waals surface area contributed by atoms with E-state index in [0.717, 1.165) is 5.69 Å². The second-order valence-electron chi connectivity index (χ2n) is 5.20. The Kier molecular flexibility index (Phi) is 2.58. The van der Waals surface area contributed by atoms with E-state index in [2.05, 4.69) is 51.0 Å². The van der Waals surface area contributed by atoms with Crippen LogP contribution in [0.25, 0.3) is 5.69 Å². The van der Waals surface area contributed by atoms with E-state index >= 15 is 0 Å². The molecule has 0 saturated heterocycles. The topological polar surface area (TPSA) is 17.8 Å². The first-order chi connectivity index (χ1) is 7.48. The van der Waals surface area contributed by atoms with Crippen LogP contribution in [0.3, 0.4) is 0 Å². The molecular formula is C14H18N2. The van der Waals surface area contributed by atoms with Crippen LogP contribution in [0.4, 0.5) is 0 Å². The highest BCUT2D eigenvalue weighted by atomic mass is 15.3. The van der Waals surface area contributed by atoms with Crippen molar-refractivity contribution in [2.45, 2.75) is 33.1 Å². The average molecular weight is 214 g/mol. The fourth-order valence-corrected chi connectivity index (χ4v) is 2.05. The lowest BCUT2D eigenvalue weighted by atomic mass is 9.84. The second-order valence-corrected chi connectivity index (χ2v) is 5.20. The molecule has 0 saturated carbocycles. The van der Waals surface area contributed by atoms with Crippen molar-refractivity contribution < 1.29 is 0 Å². The van der Waals surface area contributed by atoms with Crippen LogP contribution in [0.2, 0.25) is 0 Å². The molecule has 0 radical (unpaired) electrons. The summed E-state index contributed by atoms with van der Waals surface area (Å²) in [7, 11) is 0.